The van der Waals surface area contributed by atoms with Gasteiger partial charge in [-0.15, -0.1) is 0 Å². The number of benzene rings is 1. The minimum atomic E-state index is -1.11. The van der Waals surface area contributed by atoms with Crippen molar-refractivity contribution in [2.24, 2.45) is 0 Å². The first-order valence-corrected chi connectivity index (χ1v) is 5.02. The first kappa shape index (κ1) is 13.6. The zero-order valence-corrected chi connectivity index (χ0v) is 9.47. The first-order valence-electron chi connectivity index (χ1n) is 5.02. The molecule has 0 amide bonds. The Balaban J connectivity index is 3.22. The quantitative estimate of drug-likeness (QED) is 0.462. The highest BCUT2D eigenvalue weighted by atomic mass is 19.1. The van der Waals surface area contributed by atoms with E-state index in [-0.39, 0.29) is 18.6 Å². The molecule has 0 radical (unpaired) electrons. The summed E-state index contributed by atoms with van der Waals surface area (Å²) < 4.78 is 17.9. The number of carbonyl (C=O) groups excluding carboxylic acids is 1. The Bertz CT molecular complexity index is 537. The molecule has 0 saturated heterocycles. The second kappa shape index (κ2) is 5.72. The SMILES string of the molecule is CCOC(=O)Cc1ccc(F)c([N+](=O)[O-])c1C#N. The maximum absolute atomic E-state index is 13.2. The first-order chi connectivity index (χ1) is 8.51. The molecular weight excluding hydrogens is 243 g/mol. The van der Waals surface area contributed by atoms with E-state index in [0.717, 1.165) is 12.1 Å². The summed E-state index contributed by atoms with van der Waals surface area (Å²) >= 11 is 0. The molecule has 0 bridgehead atoms. The number of esters is 1. The van der Waals surface area contributed by atoms with Gasteiger partial charge < -0.3 is 4.74 Å². The molecule has 0 fully saturated rings. The summed E-state index contributed by atoms with van der Waals surface area (Å²) in [6.07, 6.45) is -0.308. The van der Waals surface area contributed by atoms with Gasteiger partial charge in [-0.3, -0.25) is 14.9 Å². The van der Waals surface area contributed by atoms with Crippen molar-refractivity contribution in [3.63, 3.8) is 0 Å². The maximum atomic E-state index is 13.2. The summed E-state index contributed by atoms with van der Waals surface area (Å²) in [5.41, 5.74) is -1.29. The van der Waals surface area contributed by atoms with E-state index in [9.17, 15) is 19.3 Å². The molecule has 1 aromatic rings. The zero-order chi connectivity index (χ0) is 13.7. The van der Waals surface area contributed by atoms with E-state index in [4.69, 9.17) is 5.26 Å². The minimum absolute atomic E-state index is 0.0732. The number of nitrogens with zero attached hydrogens (tertiary/aromatic N) is 2. The smallest absolute Gasteiger partial charge is 0.322 e. The van der Waals surface area contributed by atoms with E-state index in [0.29, 0.717) is 0 Å². The van der Waals surface area contributed by atoms with Gasteiger partial charge in [0.1, 0.15) is 11.6 Å². The van der Waals surface area contributed by atoms with Crippen molar-refractivity contribution in [1.29, 1.82) is 5.26 Å². The number of hydrogen-bond donors (Lipinski definition) is 0. The van der Waals surface area contributed by atoms with Crippen LogP contribution in [-0.4, -0.2) is 17.5 Å². The van der Waals surface area contributed by atoms with Gasteiger partial charge in [-0.2, -0.15) is 9.65 Å². The third-order valence-corrected chi connectivity index (χ3v) is 2.15. The van der Waals surface area contributed by atoms with Crippen LogP contribution in [0.25, 0.3) is 0 Å². The fourth-order valence-electron chi connectivity index (χ4n) is 1.43. The van der Waals surface area contributed by atoms with Crippen LogP contribution in [0, 0.1) is 27.3 Å². The van der Waals surface area contributed by atoms with E-state index in [1.807, 2.05) is 0 Å². The summed E-state index contributed by atoms with van der Waals surface area (Å²) in [5.74, 6) is -1.74. The molecule has 0 saturated carbocycles. The monoisotopic (exact) mass is 252 g/mol. The highest BCUT2D eigenvalue weighted by Gasteiger charge is 2.24. The van der Waals surface area contributed by atoms with E-state index in [1.165, 1.54) is 0 Å². The molecule has 0 aliphatic rings. The van der Waals surface area contributed by atoms with Crippen LogP contribution in [0.5, 0.6) is 0 Å². The van der Waals surface area contributed by atoms with E-state index < -0.39 is 28.0 Å². The minimum Gasteiger partial charge on any atom is -0.466 e. The van der Waals surface area contributed by atoms with Crippen LogP contribution in [-0.2, 0) is 16.0 Å². The van der Waals surface area contributed by atoms with Gasteiger partial charge in [0.05, 0.1) is 18.0 Å². The Labute approximate surface area is 102 Å². The van der Waals surface area contributed by atoms with Crippen LogP contribution in [0.2, 0.25) is 0 Å². The third-order valence-electron chi connectivity index (χ3n) is 2.15. The molecule has 6 nitrogen and oxygen atoms in total. The molecule has 18 heavy (non-hydrogen) atoms. The van der Waals surface area contributed by atoms with Gasteiger partial charge in [0.25, 0.3) is 0 Å². The Hall–Kier alpha value is -2.49. The molecule has 1 rings (SSSR count). The average Bonchev–Trinajstić information content (AvgIpc) is 2.30. The molecule has 0 heterocycles. The van der Waals surface area contributed by atoms with Crippen molar-refractivity contribution in [3.05, 3.63) is 39.2 Å². The molecule has 0 unspecified atom stereocenters. The average molecular weight is 252 g/mol. The van der Waals surface area contributed by atoms with Crippen molar-refractivity contribution >= 4 is 11.7 Å². The second-order valence-corrected chi connectivity index (χ2v) is 3.28. The van der Waals surface area contributed by atoms with Gasteiger partial charge in [0, 0.05) is 0 Å². The Morgan fingerprint density at radius 2 is 2.28 bits per heavy atom. The number of halogens is 1. The standard InChI is InChI=1S/C11H9FN2O4/c1-2-18-10(15)5-7-3-4-9(12)11(14(16)17)8(7)6-13/h3-4H,2,5H2,1H3. The fraction of sp³-hybridized carbons (Fsp3) is 0.273. The predicted molar refractivity (Wildman–Crippen MR) is 58.1 cm³/mol. The second-order valence-electron chi connectivity index (χ2n) is 3.28. The lowest BCUT2D eigenvalue weighted by molar-refractivity contribution is -0.387. The van der Waals surface area contributed by atoms with Crippen molar-refractivity contribution in [1.82, 2.24) is 0 Å². The molecule has 0 aliphatic carbocycles. The Morgan fingerprint density at radius 3 is 2.78 bits per heavy atom. The molecular formula is C11H9FN2O4. The summed E-state index contributed by atoms with van der Waals surface area (Å²) in [6.45, 7) is 1.76. The van der Waals surface area contributed by atoms with Crippen LogP contribution >= 0.6 is 0 Å². The lowest BCUT2D eigenvalue weighted by atomic mass is 10.0. The lowest BCUT2D eigenvalue weighted by Gasteiger charge is -2.05. The summed E-state index contributed by atoms with van der Waals surface area (Å²) in [4.78, 5) is 20.9. The van der Waals surface area contributed by atoms with Crippen molar-refractivity contribution in [2.45, 2.75) is 13.3 Å². The number of carbonyl (C=O) groups is 1. The fourth-order valence-corrected chi connectivity index (χ4v) is 1.43. The molecule has 0 N–H and O–H groups in total. The Morgan fingerprint density at radius 1 is 1.61 bits per heavy atom. The molecule has 0 aromatic heterocycles. The largest absolute Gasteiger partial charge is 0.466 e. The highest BCUT2D eigenvalue weighted by Crippen LogP contribution is 2.25. The Kier molecular flexibility index (Phi) is 4.32. The summed E-state index contributed by atoms with van der Waals surface area (Å²) in [6, 6.07) is 3.56. The molecule has 0 spiro atoms. The van der Waals surface area contributed by atoms with Crippen LogP contribution in [0.3, 0.4) is 0 Å². The van der Waals surface area contributed by atoms with Crippen LogP contribution < -0.4 is 0 Å². The number of nitriles is 1. The van der Waals surface area contributed by atoms with Gasteiger partial charge in [0.2, 0.25) is 5.82 Å². The van der Waals surface area contributed by atoms with Gasteiger partial charge in [-0.05, 0) is 18.6 Å². The molecule has 0 aliphatic heterocycles. The van der Waals surface area contributed by atoms with Crippen LogP contribution in [0.4, 0.5) is 10.1 Å². The molecule has 0 atom stereocenters. The van der Waals surface area contributed by atoms with Crippen molar-refractivity contribution in [2.75, 3.05) is 6.61 Å². The van der Waals surface area contributed by atoms with E-state index in [2.05, 4.69) is 4.74 Å². The predicted octanol–water partition coefficient (Wildman–Crippen LogP) is 1.71. The number of ether oxygens (including phenoxy) is 1. The normalized spacial score (nSPS) is 9.61. The van der Waals surface area contributed by atoms with E-state index >= 15 is 0 Å². The van der Waals surface area contributed by atoms with Gasteiger partial charge in [-0.25, -0.2) is 0 Å². The van der Waals surface area contributed by atoms with Crippen LogP contribution in [0.1, 0.15) is 18.1 Å². The van der Waals surface area contributed by atoms with Gasteiger partial charge >= 0.3 is 11.7 Å². The van der Waals surface area contributed by atoms with E-state index in [1.54, 1.807) is 13.0 Å². The lowest BCUT2D eigenvalue weighted by Crippen LogP contribution is -2.10. The van der Waals surface area contributed by atoms with Gasteiger partial charge in [-0.1, -0.05) is 6.07 Å². The number of hydrogen-bond acceptors (Lipinski definition) is 5. The number of nitro groups is 1. The molecule has 7 heteroatoms. The van der Waals surface area contributed by atoms with Crippen molar-refractivity contribution in [3.8, 4) is 6.07 Å². The third kappa shape index (κ3) is 2.79. The number of rotatable bonds is 4. The molecule has 94 valence electrons. The summed E-state index contributed by atoms with van der Waals surface area (Å²) in [5, 5.41) is 19.5. The van der Waals surface area contributed by atoms with Gasteiger partial charge in [0.15, 0.2) is 0 Å². The zero-order valence-electron chi connectivity index (χ0n) is 9.47. The maximum Gasteiger partial charge on any atom is 0.322 e. The number of nitro benzene ring substituents is 1. The van der Waals surface area contributed by atoms with Crippen LogP contribution in [0.15, 0.2) is 12.1 Å². The van der Waals surface area contributed by atoms with Crippen molar-refractivity contribution < 1.29 is 18.8 Å². The topological polar surface area (TPSA) is 93.2 Å². The summed E-state index contributed by atoms with van der Waals surface area (Å²) in [7, 11) is 0. The molecule has 1 aromatic carbocycles. The highest BCUT2D eigenvalue weighted by molar-refractivity contribution is 5.74.